The molecule has 0 aromatic carbocycles. The van der Waals surface area contributed by atoms with Gasteiger partial charge >= 0.3 is 0 Å². The summed E-state index contributed by atoms with van der Waals surface area (Å²) in [6.45, 7) is 2.89. The normalized spacial score (nSPS) is 17.8. The molecule has 0 aliphatic carbocycles. The van der Waals surface area contributed by atoms with Crippen molar-refractivity contribution in [1.29, 1.82) is 0 Å². The first-order valence-corrected chi connectivity index (χ1v) is 8.59. The molecule has 138 valence electrons. The quantitative estimate of drug-likeness (QED) is 0.378. The topological polar surface area (TPSA) is 71.9 Å². The fourth-order valence-electron chi connectivity index (χ4n) is 2.67. The number of rotatable bonds is 7. The minimum atomic E-state index is 0. The van der Waals surface area contributed by atoms with Crippen molar-refractivity contribution < 1.29 is 13.6 Å². The fraction of sp³-hybridized carbons (Fsp3) is 0.500. The monoisotopic (exact) mass is 459 g/mol. The SMILES string of the molecule is I.c1coc(CCNC(=NCc2ccco2)NCC2CCCCO2)c1. The van der Waals surface area contributed by atoms with Crippen LogP contribution >= 0.6 is 24.0 Å². The van der Waals surface area contributed by atoms with Crippen LogP contribution in [0.2, 0.25) is 0 Å². The van der Waals surface area contributed by atoms with E-state index in [0.717, 1.165) is 56.4 Å². The lowest BCUT2D eigenvalue weighted by Crippen LogP contribution is -2.43. The van der Waals surface area contributed by atoms with Crippen LogP contribution in [0.25, 0.3) is 0 Å². The molecule has 1 atom stereocenters. The van der Waals surface area contributed by atoms with Gasteiger partial charge in [-0.25, -0.2) is 4.99 Å². The van der Waals surface area contributed by atoms with E-state index in [1.165, 1.54) is 6.42 Å². The van der Waals surface area contributed by atoms with E-state index in [1.807, 2.05) is 24.3 Å². The molecule has 0 bridgehead atoms. The average molecular weight is 459 g/mol. The Balaban J connectivity index is 0.00000225. The molecule has 2 aromatic rings. The lowest BCUT2D eigenvalue weighted by atomic mass is 10.1. The van der Waals surface area contributed by atoms with Gasteiger partial charge in [-0.1, -0.05) is 0 Å². The molecule has 2 aromatic heterocycles. The molecule has 1 aliphatic rings. The highest BCUT2D eigenvalue weighted by atomic mass is 127. The highest BCUT2D eigenvalue weighted by Crippen LogP contribution is 2.11. The summed E-state index contributed by atoms with van der Waals surface area (Å²) in [5.41, 5.74) is 0. The Hall–Kier alpha value is -1.48. The van der Waals surface area contributed by atoms with Crippen LogP contribution in [0.5, 0.6) is 0 Å². The Morgan fingerprint density at radius 3 is 2.56 bits per heavy atom. The van der Waals surface area contributed by atoms with Crippen LogP contribution in [0.15, 0.2) is 50.6 Å². The second-order valence-corrected chi connectivity index (χ2v) is 5.87. The Kier molecular flexibility index (Phi) is 8.89. The largest absolute Gasteiger partial charge is 0.469 e. The number of aliphatic imine (C=N–C) groups is 1. The number of hydrogen-bond donors (Lipinski definition) is 2. The molecule has 3 rings (SSSR count). The highest BCUT2D eigenvalue weighted by molar-refractivity contribution is 14.0. The van der Waals surface area contributed by atoms with E-state index in [-0.39, 0.29) is 30.1 Å². The predicted molar refractivity (Wildman–Crippen MR) is 107 cm³/mol. The highest BCUT2D eigenvalue weighted by Gasteiger charge is 2.14. The third kappa shape index (κ3) is 7.11. The van der Waals surface area contributed by atoms with Crippen LogP contribution in [-0.2, 0) is 17.7 Å². The minimum Gasteiger partial charge on any atom is -0.469 e. The molecule has 1 saturated heterocycles. The molecule has 1 aliphatic heterocycles. The van der Waals surface area contributed by atoms with E-state index >= 15 is 0 Å². The summed E-state index contributed by atoms with van der Waals surface area (Å²) in [5.74, 6) is 2.58. The number of nitrogens with zero attached hydrogens (tertiary/aromatic N) is 1. The number of furan rings is 2. The van der Waals surface area contributed by atoms with Gasteiger partial charge < -0.3 is 24.2 Å². The molecule has 0 spiro atoms. The third-order valence-electron chi connectivity index (χ3n) is 3.99. The fourth-order valence-corrected chi connectivity index (χ4v) is 2.67. The first kappa shape index (κ1) is 19.8. The number of guanidine groups is 1. The standard InChI is InChI=1S/C18H25N3O3.HI/c1-2-10-23-16(5-1)13-20-18(21-14-17-7-4-12-24-17)19-9-8-15-6-3-11-22-15;/h3-4,6-7,11-12,16H,1-2,5,8-10,13-14H2,(H2,19,20,21);1H. The molecule has 3 heterocycles. The molecule has 7 heteroatoms. The van der Waals surface area contributed by atoms with E-state index in [2.05, 4.69) is 15.6 Å². The van der Waals surface area contributed by atoms with Crippen LogP contribution < -0.4 is 10.6 Å². The summed E-state index contributed by atoms with van der Waals surface area (Å²) in [6, 6.07) is 7.68. The Morgan fingerprint density at radius 1 is 1.08 bits per heavy atom. The summed E-state index contributed by atoms with van der Waals surface area (Å²) in [6.07, 6.45) is 7.94. The van der Waals surface area contributed by atoms with Crippen molar-refractivity contribution in [2.45, 2.75) is 38.3 Å². The van der Waals surface area contributed by atoms with Gasteiger partial charge in [0.2, 0.25) is 0 Å². The number of ether oxygens (including phenoxy) is 1. The zero-order valence-corrected chi connectivity index (χ0v) is 16.6. The zero-order valence-electron chi connectivity index (χ0n) is 14.3. The van der Waals surface area contributed by atoms with Gasteiger partial charge in [0.05, 0.1) is 18.6 Å². The Labute approximate surface area is 165 Å². The van der Waals surface area contributed by atoms with Gasteiger partial charge in [-0.2, -0.15) is 0 Å². The van der Waals surface area contributed by atoms with Crippen LogP contribution in [0, 0.1) is 0 Å². The molecule has 1 fully saturated rings. The van der Waals surface area contributed by atoms with Crippen molar-refractivity contribution in [2.75, 3.05) is 19.7 Å². The molecule has 1 unspecified atom stereocenters. The number of nitrogens with one attached hydrogen (secondary N) is 2. The molecule has 25 heavy (non-hydrogen) atoms. The van der Waals surface area contributed by atoms with E-state index in [9.17, 15) is 0 Å². The molecule has 0 amide bonds. The Morgan fingerprint density at radius 2 is 1.88 bits per heavy atom. The van der Waals surface area contributed by atoms with Gasteiger partial charge in [0.15, 0.2) is 5.96 Å². The van der Waals surface area contributed by atoms with Gasteiger partial charge in [-0.3, -0.25) is 0 Å². The van der Waals surface area contributed by atoms with Gasteiger partial charge in [-0.05, 0) is 43.5 Å². The molecular formula is C18H26IN3O3. The van der Waals surface area contributed by atoms with Crippen molar-refractivity contribution >= 4 is 29.9 Å². The minimum absolute atomic E-state index is 0. The van der Waals surface area contributed by atoms with Gasteiger partial charge in [0, 0.05) is 26.1 Å². The summed E-state index contributed by atoms with van der Waals surface area (Å²) < 4.78 is 16.5. The summed E-state index contributed by atoms with van der Waals surface area (Å²) in [4.78, 5) is 4.58. The van der Waals surface area contributed by atoms with Crippen LogP contribution in [0.4, 0.5) is 0 Å². The van der Waals surface area contributed by atoms with Crippen molar-refractivity contribution in [3.8, 4) is 0 Å². The maximum Gasteiger partial charge on any atom is 0.191 e. The van der Waals surface area contributed by atoms with Crippen molar-refractivity contribution in [2.24, 2.45) is 4.99 Å². The first-order valence-electron chi connectivity index (χ1n) is 8.59. The van der Waals surface area contributed by atoms with Gasteiger partial charge in [0.25, 0.3) is 0 Å². The average Bonchev–Trinajstić information content (AvgIpc) is 3.31. The second kappa shape index (κ2) is 11.2. The zero-order chi connectivity index (χ0) is 16.5. The maximum absolute atomic E-state index is 5.76. The third-order valence-corrected chi connectivity index (χ3v) is 3.99. The lowest BCUT2D eigenvalue weighted by Gasteiger charge is -2.23. The molecule has 0 saturated carbocycles. The van der Waals surface area contributed by atoms with Gasteiger partial charge in [0.1, 0.15) is 18.1 Å². The maximum atomic E-state index is 5.76. The van der Waals surface area contributed by atoms with Crippen LogP contribution in [0.1, 0.15) is 30.8 Å². The first-order chi connectivity index (χ1) is 11.9. The van der Waals surface area contributed by atoms with Gasteiger partial charge in [-0.15, -0.1) is 24.0 Å². The van der Waals surface area contributed by atoms with E-state index in [4.69, 9.17) is 13.6 Å². The van der Waals surface area contributed by atoms with E-state index in [1.54, 1.807) is 12.5 Å². The molecular weight excluding hydrogens is 433 g/mol. The molecule has 0 radical (unpaired) electrons. The Bertz CT molecular complexity index is 593. The molecule has 2 N–H and O–H groups in total. The summed E-state index contributed by atoms with van der Waals surface area (Å²) >= 11 is 0. The number of halogens is 1. The predicted octanol–water partition coefficient (Wildman–Crippen LogP) is 3.34. The number of hydrogen-bond acceptors (Lipinski definition) is 4. The summed E-state index contributed by atoms with van der Waals surface area (Å²) in [5, 5.41) is 6.72. The van der Waals surface area contributed by atoms with Crippen molar-refractivity contribution in [1.82, 2.24) is 10.6 Å². The van der Waals surface area contributed by atoms with Crippen molar-refractivity contribution in [3.05, 3.63) is 48.3 Å². The lowest BCUT2D eigenvalue weighted by molar-refractivity contribution is 0.0194. The van der Waals surface area contributed by atoms with E-state index in [0.29, 0.717) is 6.54 Å². The van der Waals surface area contributed by atoms with E-state index < -0.39 is 0 Å². The second-order valence-electron chi connectivity index (χ2n) is 5.87. The molecule has 6 nitrogen and oxygen atoms in total. The summed E-state index contributed by atoms with van der Waals surface area (Å²) in [7, 11) is 0. The van der Waals surface area contributed by atoms with Crippen LogP contribution in [-0.4, -0.2) is 31.8 Å². The van der Waals surface area contributed by atoms with Crippen LogP contribution in [0.3, 0.4) is 0 Å². The smallest absolute Gasteiger partial charge is 0.191 e. The van der Waals surface area contributed by atoms with Crippen molar-refractivity contribution in [3.63, 3.8) is 0 Å².